The van der Waals surface area contributed by atoms with Crippen LogP contribution in [0.25, 0.3) is 0 Å². The number of aryl methyl sites for hydroxylation is 1. The van der Waals surface area contributed by atoms with E-state index in [1.54, 1.807) is 19.9 Å². The maximum Gasteiger partial charge on any atom is 0.341 e. The third kappa shape index (κ3) is 5.60. The molecule has 1 unspecified atom stereocenters. The largest absolute Gasteiger partial charge is 0.462 e. The molecule has 0 radical (unpaired) electrons. The first-order valence-corrected chi connectivity index (χ1v) is 13.0. The van der Waals surface area contributed by atoms with Gasteiger partial charge in [0.25, 0.3) is 5.91 Å². The molecule has 0 saturated heterocycles. The number of ether oxygens (including phenoxy) is 2. The van der Waals surface area contributed by atoms with Gasteiger partial charge in [-0.15, -0.1) is 11.3 Å². The number of rotatable bonds is 7. The van der Waals surface area contributed by atoms with Gasteiger partial charge in [0.05, 0.1) is 18.4 Å². The van der Waals surface area contributed by atoms with E-state index in [1.165, 1.54) is 11.3 Å². The van der Waals surface area contributed by atoms with Crippen LogP contribution in [0.5, 0.6) is 0 Å². The summed E-state index contributed by atoms with van der Waals surface area (Å²) < 4.78 is 35.9. The summed E-state index contributed by atoms with van der Waals surface area (Å²) in [7, 11) is -3.69. The summed E-state index contributed by atoms with van der Waals surface area (Å²) in [6.07, 6.45) is 1.19. The molecule has 2 heterocycles. The summed E-state index contributed by atoms with van der Waals surface area (Å²) in [6, 6.07) is 6.20. The topological polar surface area (TPSA) is 119 Å². The van der Waals surface area contributed by atoms with E-state index < -0.39 is 40.5 Å². The van der Waals surface area contributed by atoms with Gasteiger partial charge in [0.1, 0.15) is 11.0 Å². The van der Waals surface area contributed by atoms with Crippen molar-refractivity contribution in [2.75, 3.05) is 24.8 Å². The number of benzene rings is 1. The first-order chi connectivity index (χ1) is 15.5. The first kappa shape index (κ1) is 24.9. The van der Waals surface area contributed by atoms with Crippen molar-refractivity contribution in [3.63, 3.8) is 0 Å². The van der Waals surface area contributed by atoms with Gasteiger partial charge in [-0.2, -0.15) is 4.31 Å². The maximum absolute atomic E-state index is 12.8. The van der Waals surface area contributed by atoms with Gasteiger partial charge in [0, 0.05) is 17.8 Å². The fraction of sp³-hybridized carbons (Fsp3) is 0.409. The van der Waals surface area contributed by atoms with Crippen LogP contribution in [0.4, 0.5) is 5.00 Å². The summed E-state index contributed by atoms with van der Waals surface area (Å²) in [4.78, 5) is 38.3. The molecule has 2 aromatic rings. The highest BCUT2D eigenvalue weighted by Crippen LogP contribution is 2.33. The van der Waals surface area contributed by atoms with Crippen molar-refractivity contribution in [3.8, 4) is 0 Å². The van der Waals surface area contributed by atoms with Crippen LogP contribution in [0.15, 0.2) is 24.3 Å². The molecule has 1 aromatic carbocycles. The second kappa shape index (κ2) is 10.0. The molecule has 178 valence electrons. The number of anilines is 1. The molecule has 9 nitrogen and oxygen atoms in total. The zero-order valence-corrected chi connectivity index (χ0v) is 20.5. The number of hydrogen-bond acceptors (Lipinski definition) is 8. The summed E-state index contributed by atoms with van der Waals surface area (Å²) in [6.45, 7) is 4.89. The molecule has 0 spiro atoms. The number of amides is 1. The number of nitrogens with zero attached hydrogens (tertiary/aromatic N) is 1. The van der Waals surface area contributed by atoms with Gasteiger partial charge >= 0.3 is 11.9 Å². The summed E-state index contributed by atoms with van der Waals surface area (Å²) in [5.74, 6) is -2.00. The summed E-state index contributed by atoms with van der Waals surface area (Å²) in [5.41, 5.74) is 2.65. The van der Waals surface area contributed by atoms with Crippen LogP contribution in [-0.4, -0.2) is 56.1 Å². The third-order valence-electron chi connectivity index (χ3n) is 5.37. The SMILES string of the molecule is CCOC(=O)c1c(NC(=O)COC(=O)C2Cc3ccccc3CN2S(C)(=O)=O)sc(C)c1C. The van der Waals surface area contributed by atoms with Gasteiger partial charge in [0.2, 0.25) is 10.0 Å². The number of fused-ring (bicyclic) bond motifs is 1. The van der Waals surface area contributed by atoms with Crippen LogP contribution in [0.1, 0.15) is 38.8 Å². The van der Waals surface area contributed by atoms with Crippen molar-refractivity contribution in [1.29, 1.82) is 0 Å². The molecule has 1 amide bonds. The van der Waals surface area contributed by atoms with Gasteiger partial charge in [0.15, 0.2) is 6.61 Å². The van der Waals surface area contributed by atoms with Crippen LogP contribution in [0.2, 0.25) is 0 Å². The monoisotopic (exact) mass is 494 g/mol. The molecule has 1 aromatic heterocycles. The van der Waals surface area contributed by atoms with E-state index in [2.05, 4.69) is 5.32 Å². The Balaban J connectivity index is 1.70. The van der Waals surface area contributed by atoms with Gasteiger partial charge in [-0.3, -0.25) is 9.59 Å². The van der Waals surface area contributed by atoms with Crippen molar-refractivity contribution >= 4 is 44.2 Å². The number of carbonyl (C=O) groups is 3. The van der Waals surface area contributed by atoms with Crippen molar-refractivity contribution in [1.82, 2.24) is 4.31 Å². The fourth-order valence-corrected chi connectivity index (χ4v) is 5.67. The zero-order chi connectivity index (χ0) is 24.3. The Morgan fingerprint density at radius 1 is 1.15 bits per heavy atom. The normalized spacial score (nSPS) is 16.1. The van der Waals surface area contributed by atoms with Gasteiger partial charge in [-0.25, -0.2) is 13.2 Å². The standard InChI is InChI=1S/C22H26N2O7S2/c1-5-30-22(27)19-13(2)14(3)32-20(19)23-18(25)12-31-21(26)17-10-15-8-6-7-9-16(15)11-24(17)33(4,28)29/h6-9,17H,5,10-12H2,1-4H3,(H,23,25). The van der Waals surface area contributed by atoms with Crippen LogP contribution in [0.3, 0.4) is 0 Å². The lowest BCUT2D eigenvalue weighted by atomic mass is 9.96. The lowest BCUT2D eigenvalue weighted by Gasteiger charge is -2.33. The van der Waals surface area contributed by atoms with Crippen molar-refractivity contribution in [3.05, 3.63) is 51.4 Å². The number of nitrogens with one attached hydrogen (secondary N) is 1. The highest BCUT2D eigenvalue weighted by Gasteiger charge is 2.38. The van der Waals surface area contributed by atoms with E-state index in [0.29, 0.717) is 10.6 Å². The van der Waals surface area contributed by atoms with E-state index in [0.717, 1.165) is 26.6 Å². The Morgan fingerprint density at radius 2 is 1.82 bits per heavy atom. The lowest BCUT2D eigenvalue weighted by molar-refractivity contribution is -0.151. The minimum absolute atomic E-state index is 0.0532. The first-order valence-electron chi connectivity index (χ1n) is 10.3. The Hall–Kier alpha value is -2.76. The van der Waals surface area contributed by atoms with Crippen LogP contribution in [0, 0.1) is 13.8 Å². The highest BCUT2D eigenvalue weighted by atomic mass is 32.2. The van der Waals surface area contributed by atoms with E-state index >= 15 is 0 Å². The molecule has 3 rings (SSSR count). The van der Waals surface area contributed by atoms with Gasteiger partial charge in [-0.1, -0.05) is 24.3 Å². The van der Waals surface area contributed by atoms with Gasteiger partial charge in [-0.05, 0) is 37.5 Å². The fourth-order valence-electron chi connectivity index (χ4n) is 3.61. The zero-order valence-electron chi connectivity index (χ0n) is 18.8. The summed E-state index contributed by atoms with van der Waals surface area (Å²) >= 11 is 1.22. The average Bonchev–Trinajstić information content (AvgIpc) is 3.03. The number of hydrogen-bond donors (Lipinski definition) is 1. The van der Waals surface area contributed by atoms with E-state index in [1.807, 2.05) is 25.1 Å². The molecular weight excluding hydrogens is 468 g/mol. The van der Waals surface area contributed by atoms with E-state index in [9.17, 15) is 22.8 Å². The average molecular weight is 495 g/mol. The minimum atomic E-state index is -3.69. The Bertz CT molecular complexity index is 1190. The smallest absolute Gasteiger partial charge is 0.341 e. The molecule has 1 atom stereocenters. The second-order valence-electron chi connectivity index (χ2n) is 7.66. The Labute approximate surface area is 196 Å². The molecular formula is C22H26N2O7S2. The number of esters is 2. The molecule has 11 heteroatoms. The third-order valence-corrected chi connectivity index (χ3v) is 7.73. The van der Waals surface area contributed by atoms with Crippen LogP contribution in [-0.2, 0) is 42.1 Å². The Morgan fingerprint density at radius 3 is 2.45 bits per heavy atom. The molecule has 1 aliphatic rings. The van der Waals surface area contributed by atoms with Crippen molar-refractivity contribution in [2.24, 2.45) is 0 Å². The molecule has 0 aliphatic carbocycles. The maximum atomic E-state index is 12.8. The molecule has 33 heavy (non-hydrogen) atoms. The van der Waals surface area contributed by atoms with Crippen LogP contribution < -0.4 is 5.32 Å². The second-order valence-corrected chi connectivity index (χ2v) is 10.8. The van der Waals surface area contributed by atoms with E-state index in [4.69, 9.17) is 9.47 Å². The van der Waals surface area contributed by atoms with Gasteiger partial charge < -0.3 is 14.8 Å². The number of sulfonamides is 1. The lowest BCUT2D eigenvalue weighted by Crippen LogP contribution is -2.49. The van der Waals surface area contributed by atoms with Crippen molar-refractivity contribution < 1.29 is 32.3 Å². The summed E-state index contributed by atoms with van der Waals surface area (Å²) in [5, 5.41) is 2.91. The number of carbonyl (C=O) groups excluding carboxylic acids is 3. The molecule has 0 fully saturated rings. The highest BCUT2D eigenvalue weighted by molar-refractivity contribution is 7.88. The number of thiophene rings is 1. The molecule has 0 bridgehead atoms. The van der Waals surface area contributed by atoms with Crippen molar-refractivity contribution in [2.45, 2.75) is 39.8 Å². The van der Waals surface area contributed by atoms with E-state index in [-0.39, 0.29) is 25.1 Å². The predicted octanol–water partition coefficient (Wildman–Crippen LogP) is 2.41. The quantitative estimate of drug-likeness (QED) is 0.587. The predicted molar refractivity (Wildman–Crippen MR) is 124 cm³/mol. The molecule has 0 saturated carbocycles. The Kier molecular flexibility index (Phi) is 7.55. The minimum Gasteiger partial charge on any atom is -0.462 e. The van der Waals surface area contributed by atoms with Crippen LogP contribution >= 0.6 is 11.3 Å². The molecule has 1 N–H and O–H groups in total. The molecule has 1 aliphatic heterocycles.